The summed E-state index contributed by atoms with van der Waals surface area (Å²) in [4.78, 5) is 18.1. The van der Waals surface area contributed by atoms with Crippen molar-refractivity contribution in [2.75, 3.05) is 39.3 Å². The number of carbonyl (C=O) groups excluding carboxylic acids is 1. The third-order valence-corrected chi connectivity index (χ3v) is 6.22. The second-order valence-corrected chi connectivity index (χ2v) is 7.78. The van der Waals surface area contributed by atoms with Gasteiger partial charge >= 0.3 is 6.03 Å². The Morgan fingerprint density at radius 2 is 2.38 bits per heavy atom. The van der Waals surface area contributed by atoms with E-state index in [1.165, 1.54) is 29.8 Å². The molecule has 2 atom stereocenters. The molecule has 2 fully saturated rings. The summed E-state index contributed by atoms with van der Waals surface area (Å²) in [6.07, 6.45) is 5.78. The molecule has 130 valence electrons. The Labute approximate surface area is 147 Å². The number of fused-ring (bicyclic) bond motifs is 1. The van der Waals surface area contributed by atoms with Crippen LogP contribution < -0.4 is 5.32 Å². The van der Waals surface area contributed by atoms with Crippen molar-refractivity contribution < 1.29 is 9.53 Å². The van der Waals surface area contributed by atoms with Crippen molar-refractivity contribution >= 4 is 22.9 Å². The van der Waals surface area contributed by atoms with Crippen LogP contribution in [0, 0.1) is 0 Å². The van der Waals surface area contributed by atoms with Crippen LogP contribution >= 0.6 is 11.3 Å². The fourth-order valence-corrected chi connectivity index (χ4v) is 4.66. The molecule has 0 aromatic carbocycles. The standard InChI is InChI=1S/C18H25N3O2S/c22-18(19-11-16-12-21-7-1-3-15(21)13-23-16)20-8-5-14(6-9-20)17-4-2-10-24-17/h2,4-5,10,15-16H,1,3,6-9,11-13H2,(H,19,22)/t15-,16+/m0/s1. The number of hydrogen-bond donors (Lipinski definition) is 1. The van der Waals surface area contributed by atoms with E-state index in [4.69, 9.17) is 4.74 Å². The van der Waals surface area contributed by atoms with Gasteiger partial charge in [-0.25, -0.2) is 4.79 Å². The largest absolute Gasteiger partial charge is 0.373 e. The maximum absolute atomic E-state index is 12.4. The summed E-state index contributed by atoms with van der Waals surface area (Å²) in [5.41, 5.74) is 1.37. The molecule has 3 aliphatic heterocycles. The summed E-state index contributed by atoms with van der Waals surface area (Å²) in [7, 11) is 0. The minimum atomic E-state index is 0.0311. The molecule has 0 radical (unpaired) electrons. The van der Waals surface area contributed by atoms with Gasteiger partial charge in [0.2, 0.25) is 0 Å². The molecule has 4 heterocycles. The fourth-order valence-electron chi connectivity index (χ4n) is 3.86. The predicted octanol–water partition coefficient (Wildman–Crippen LogP) is 2.41. The van der Waals surface area contributed by atoms with Gasteiger partial charge in [-0.05, 0) is 42.8 Å². The molecule has 4 rings (SSSR count). The van der Waals surface area contributed by atoms with Gasteiger partial charge in [-0.2, -0.15) is 0 Å². The van der Waals surface area contributed by atoms with Gasteiger partial charge in [0, 0.05) is 37.1 Å². The smallest absolute Gasteiger partial charge is 0.317 e. The maximum atomic E-state index is 12.4. The molecular formula is C18H25N3O2S. The van der Waals surface area contributed by atoms with Crippen molar-refractivity contribution in [3.8, 4) is 0 Å². The summed E-state index contributed by atoms with van der Waals surface area (Å²) in [6, 6.07) is 4.87. The topological polar surface area (TPSA) is 44.8 Å². The first kappa shape index (κ1) is 16.1. The average Bonchev–Trinajstić information content (AvgIpc) is 3.31. The lowest BCUT2D eigenvalue weighted by molar-refractivity contribution is -0.0460. The molecule has 0 bridgehead atoms. The molecule has 2 saturated heterocycles. The van der Waals surface area contributed by atoms with Gasteiger partial charge < -0.3 is 15.0 Å². The summed E-state index contributed by atoms with van der Waals surface area (Å²) in [6.45, 7) is 5.04. The molecule has 2 amide bonds. The average molecular weight is 347 g/mol. The summed E-state index contributed by atoms with van der Waals surface area (Å²) in [5, 5.41) is 5.16. The molecular weight excluding hydrogens is 322 g/mol. The number of thiophene rings is 1. The van der Waals surface area contributed by atoms with Crippen LogP contribution in [0.3, 0.4) is 0 Å². The number of nitrogens with zero attached hydrogens (tertiary/aromatic N) is 2. The number of nitrogens with one attached hydrogen (secondary N) is 1. The maximum Gasteiger partial charge on any atom is 0.317 e. The molecule has 0 spiro atoms. The van der Waals surface area contributed by atoms with Gasteiger partial charge in [0.1, 0.15) is 0 Å². The van der Waals surface area contributed by atoms with E-state index in [0.29, 0.717) is 19.1 Å². The lowest BCUT2D eigenvalue weighted by atomic mass is 10.1. The molecule has 0 aliphatic carbocycles. The third kappa shape index (κ3) is 3.50. The van der Waals surface area contributed by atoms with Crippen molar-refractivity contribution in [1.82, 2.24) is 15.1 Å². The summed E-state index contributed by atoms with van der Waals surface area (Å²) < 4.78 is 5.91. The highest BCUT2D eigenvalue weighted by Crippen LogP contribution is 2.26. The number of morpholine rings is 1. The zero-order valence-corrected chi connectivity index (χ0v) is 14.8. The number of carbonyl (C=O) groups is 1. The first-order valence-corrected chi connectivity index (χ1v) is 9.79. The molecule has 1 aromatic rings. The molecule has 0 saturated carbocycles. The zero-order chi connectivity index (χ0) is 16.4. The van der Waals surface area contributed by atoms with Crippen molar-refractivity contribution in [1.29, 1.82) is 0 Å². The number of amides is 2. The van der Waals surface area contributed by atoms with Gasteiger partial charge in [-0.1, -0.05) is 12.1 Å². The van der Waals surface area contributed by atoms with E-state index in [1.807, 2.05) is 4.90 Å². The number of rotatable bonds is 3. The van der Waals surface area contributed by atoms with Crippen molar-refractivity contribution in [3.63, 3.8) is 0 Å². The molecule has 3 aliphatic rings. The Balaban J connectivity index is 1.24. The minimum absolute atomic E-state index is 0.0311. The number of urea groups is 1. The summed E-state index contributed by atoms with van der Waals surface area (Å²) in [5.74, 6) is 0. The minimum Gasteiger partial charge on any atom is -0.373 e. The third-order valence-electron chi connectivity index (χ3n) is 5.28. The fraction of sp³-hybridized carbons (Fsp3) is 0.611. The van der Waals surface area contributed by atoms with Crippen molar-refractivity contribution in [2.24, 2.45) is 0 Å². The zero-order valence-electron chi connectivity index (χ0n) is 13.9. The van der Waals surface area contributed by atoms with E-state index < -0.39 is 0 Å². The van der Waals surface area contributed by atoms with Gasteiger partial charge in [0.25, 0.3) is 0 Å². The van der Waals surface area contributed by atoms with Gasteiger partial charge in [0.15, 0.2) is 0 Å². The van der Waals surface area contributed by atoms with E-state index in [2.05, 4.69) is 33.8 Å². The normalized spacial score (nSPS) is 27.7. The Bertz CT molecular complexity index is 601. The van der Waals surface area contributed by atoms with Crippen LogP contribution in [-0.2, 0) is 4.74 Å². The molecule has 1 N–H and O–H groups in total. The number of ether oxygens (including phenoxy) is 1. The highest BCUT2D eigenvalue weighted by molar-refractivity contribution is 7.11. The molecule has 24 heavy (non-hydrogen) atoms. The molecule has 1 aromatic heterocycles. The van der Waals surface area contributed by atoms with E-state index in [1.54, 1.807) is 11.3 Å². The molecule has 5 nitrogen and oxygen atoms in total. The van der Waals surface area contributed by atoms with Crippen LogP contribution in [-0.4, -0.2) is 67.3 Å². The van der Waals surface area contributed by atoms with Gasteiger partial charge in [0.05, 0.1) is 12.7 Å². The van der Waals surface area contributed by atoms with Crippen LogP contribution in [0.4, 0.5) is 4.79 Å². The van der Waals surface area contributed by atoms with Crippen LogP contribution in [0.1, 0.15) is 24.1 Å². The van der Waals surface area contributed by atoms with Crippen LogP contribution in [0.25, 0.3) is 5.57 Å². The first-order valence-electron chi connectivity index (χ1n) is 8.91. The summed E-state index contributed by atoms with van der Waals surface area (Å²) >= 11 is 1.77. The Kier molecular flexibility index (Phi) is 4.87. The number of hydrogen-bond acceptors (Lipinski definition) is 4. The molecule has 6 heteroatoms. The Morgan fingerprint density at radius 1 is 1.42 bits per heavy atom. The van der Waals surface area contributed by atoms with E-state index in [9.17, 15) is 4.79 Å². The van der Waals surface area contributed by atoms with Crippen LogP contribution in [0.15, 0.2) is 23.6 Å². The van der Waals surface area contributed by atoms with Crippen molar-refractivity contribution in [2.45, 2.75) is 31.4 Å². The predicted molar refractivity (Wildman–Crippen MR) is 96.2 cm³/mol. The highest BCUT2D eigenvalue weighted by Gasteiger charge is 2.32. The van der Waals surface area contributed by atoms with Crippen molar-refractivity contribution in [3.05, 3.63) is 28.5 Å². The van der Waals surface area contributed by atoms with E-state index in [0.717, 1.165) is 26.1 Å². The van der Waals surface area contributed by atoms with Gasteiger partial charge in [-0.15, -0.1) is 11.3 Å². The second-order valence-electron chi connectivity index (χ2n) is 6.84. The highest BCUT2D eigenvalue weighted by atomic mass is 32.1. The molecule has 0 unspecified atom stereocenters. The quantitative estimate of drug-likeness (QED) is 0.913. The first-order chi connectivity index (χ1) is 11.8. The van der Waals surface area contributed by atoms with Gasteiger partial charge in [-0.3, -0.25) is 4.90 Å². The Hall–Kier alpha value is -1.37. The monoisotopic (exact) mass is 347 g/mol. The Morgan fingerprint density at radius 3 is 3.17 bits per heavy atom. The second kappa shape index (κ2) is 7.25. The SMILES string of the molecule is O=C(NC[C@@H]1CN2CCC[C@H]2CO1)N1CC=C(c2cccs2)CC1. The lowest BCUT2D eigenvalue weighted by Gasteiger charge is -2.35. The van der Waals surface area contributed by atoms with E-state index >= 15 is 0 Å². The van der Waals surface area contributed by atoms with Crippen LogP contribution in [0.2, 0.25) is 0 Å². The lowest BCUT2D eigenvalue weighted by Crippen LogP contribution is -2.52. The van der Waals surface area contributed by atoms with E-state index in [-0.39, 0.29) is 12.1 Å². The van der Waals surface area contributed by atoms with Crippen LogP contribution in [0.5, 0.6) is 0 Å².